The lowest BCUT2D eigenvalue weighted by Crippen LogP contribution is -2.44. The SMILES string of the molecule is CN(Cc1ccco1)C1CCCCCC1N. The third kappa shape index (κ3) is 2.86. The number of hydrogen-bond donors (Lipinski definition) is 1. The van der Waals surface area contributed by atoms with Gasteiger partial charge in [-0.1, -0.05) is 19.3 Å². The Morgan fingerprint density at radius 2 is 2.19 bits per heavy atom. The van der Waals surface area contributed by atoms with Crippen LogP contribution in [0.2, 0.25) is 0 Å². The fourth-order valence-corrected chi connectivity index (χ4v) is 2.63. The number of hydrogen-bond acceptors (Lipinski definition) is 3. The zero-order valence-corrected chi connectivity index (χ0v) is 10.1. The lowest BCUT2D eigenvalue weighted by molar-refractivity contribution is 0.180. The standard InChI is InChI=1S/C13H22N2O/c1-15(10-11-6-5-9-16-11)13-8-4-2-3-7-12(13)14/h5-6,9,12-13H,2-4,7-8,10,14H2,1H3. The highest BCUT2D eigenvalue weighted by Gasteiger charge is 2.24. The second kappa shape index (κ2) is 5.51. The van der Waals surface area contributed by atoms with Crippen molar-refractivity contribution in [1.82, 2.24) is 4.90 Å². The normalized spacial score (nSPS) is 26.9. The van der Waals surface area contributed by atoms with Crippen molar-refractivity contribution < 1.29 is 4.42 Å². The van der Waals surface area contributed by atoms with E-state index >= 15 is 0 Å². The molecule has 0 bridgehead atoms. The number of rotatable bonds is 3. The van der Waals surface area contributed by atoms with E-state index in [9.17, 15) is 0 Å². The van der Waals surface area contributed by atoms with Crippen molar-refractivity contribution in [3.05, 3.63) is 24.2 Å². The maximum Gasteiger partial charge on any atom is 0.117 e. The molecule has 1 aliphatic rings. The van der Waals surface area contributed by atoms with Crippen LogP contribution >= 0.6 is 0 Å². The number of nitrogens with two attached hydrogens (primary N) is 1. The molecule has 1 fully saturated rings. The molecule has 1 heterocycles. The third-order valence-corrected chi connectivity index (χ3v) is 3.58. The molecule has 0 aliphatic heterocycles. The first kappa shape index (κ1) is 11.7. The Labute approximate surface area is 97.6 Å². The molecule has 2 unspecified atom stereocenters. The Balaban J connectivity index is 1.94. The van der Waals surface area contributed by atoms with Crippen LogP contribution in [0.5, 0.6) is 0 Å². The van der Waals surface area contributed by atoms with Gasteiger partial charge in [0.2, 0.25) is 0 Å². The summed E-state index contributed by atoms with van der Waals surface area (Å²) in [6.45, 7) is 0.866. The highest BCUT2D eigenvalue weighted by atomic mass is 16.3. The van der Waals surface area contributed by atoms with Crippen molar-refractivity contribution in [3.8, 4) is 0 Å². The van der Waals surface area contributed by atoms with E-state index in [0.717, 1.165) is 18.7 Å². The quantitative estimate of drug-likeness (QED) is 0.798. The summed E-state index contributed by atoms with van der Waals surface area (Å²) in [4.78, 5) is 2.34. The van der Waals surface area contributed by atoms with Crippen LogP contribution in [-0.2, 0) is 6.54 Å². The van der Waals surface area contributed by atoms with Gasteiger partial charge in [0.25, 0.3) is 0 Å². The Kier molecular flexibility index (Phi) is 4.02. The van der Waals surface area contributed by atoms with Gasteiger partial charge in [-0.05, 0) is 32.0 Å². The van der Waals surface area contributed by atoms with Crippen LogP contribution in [0.15, 0.2) is 22.8 Å². The zero-order chi connectivity index (χ0) is 11.4. The molecular formula is C13H22N2O. The molecule has 0 spiro atoms. The molecule has 2 N–H and O–H groups in total. The van der Waals surface area contributed by atoms with Gasteiger partial charge in [-0.3, -0.25) is 4.90 Å². The summed E-state index contributed by atoms with van der Waals surface area (Å²) in [5.74, 6) is 1.03. The average molecular weight is 222 g/mol. The van der Waals surface area contributed by atoms with E-state index in [0.29, 0.717) is 12.1 Å². The first-order valence-corrected chi connectivity index (χ1v) is 6.25. The minimum atomic E-state index is 0.322. The topological polar surface area (TPSA) is 42.4 Å². The largest absolute Gasteiger partial charge is 0.468 e. The van der Waals surface area contributed by atoms with Gasteiger partial charge in [0, 0.05) is 12.1 Å². The molecule has 90 valence electrons. The molecule has 3 nitrogen and oxygen atoms in total. The van der Waals surface area contributed by atoms with Crippen LogP contribution in [0.1, 0.15) is 37.9 Å². The lowest BCUT2D eigenvalue weighted by atomic mass is 10.0. The van der Waals surface area contributed by atoms with Crippen LogP contribution in [0.4, 0.5) is 0 Å². The number of furan rings is 1. The summed E-state index contributed by atoms with van der Waals surface area (Å²) in [6, 6.07) is 4.80. The smallest absolute Gasteiger partial charge is 0.117 e. The molecule has 2 rings (SSSR count). The van der Waals surface area contributed by atoms with Gasteiger partial charge in [0.15, 0.2) is 0 Å². The van der Waals surface area contributed by atoms with E-state index in [-0.39, 0.29) is 0 Å². The average Bonchev–Trinajstić information content (AvgIpc) is 2.66. The second-order valence-electron chi connectivity index (χ2n) is 4.86. The maximum absolute atomic E-state index is 6.24. The Morgan fingerprint density at radius 1 is 1.38 bits per heavy atom. The minimum absolute atomic E-state index is 0.322. The van der Waals surface area contributed by atoms with Gasteiger partial charge in [-0.25, -0.2) is 0 Å². The van der Waals surface area contributed by atoms with Crippen molar-refractivity contribution in [2.24, 2.45) is 5.73 Å². The molecule has 0 amide bonds. The van der Waals surface area contributed by atoms with E-state index < -0.39 is 0 Å². The number of likely N-dealkylation sites (N-methyl/N-ethyl adjacent to an activating group) is 1. The fourth-order valence-electron chi connectivity index (χ4n) is 2.63. The van der Waals surface area contributed by atoms with Gasteiger partial charge >= 0.3 is 0 Å². The Bertz CT molecular complexity index is 297. The van der Waals surface area contributed by atoms with E-state index in [4.69, 9.17) is 10.2 Å². The van der Waals surface area contributed by atoms with Gasteiger partial charge in [-0.15, -0.1) is 0 Å². The molecule has 0 saturated heterocycles. The molecule has 1 saturated carbocycles. The van der Waals surface area contributed by atoms with Crippen molar-refractivity contribution >= 4 is 0 Å². The Hall–Kier alpha value is -0.800. The monoisotopic (exact) mass is 222 g/mol. The maximum atomic E-state index is 6.24. The van der Waals surface area contributed by atoms with E-state index in [2.05, 4.69) is 11.9 Å². The van der Waals surface area contributed by atoms with Crippen molar-refractivity contribution in [1.29, 1.82) is 0 Å². The highest BCUT2D eigenvalue weighted by molar-refractivity contribution is 4.98. The predicted molar refractivity (Wildman–Crippen MR) is 65.0 cm³/mol. The van der Waals surface area contributed by atoms with Gasteiger partial charge in [0.1, 0.15) is 5.76 Å². The molecule has 1 aliphatic carbocycles. The summed E-state index contributed by atoms with van der Waals surface area (Å²) < 4.78 is 5.38. The molecule has 1 aromatic rings. The highest BCUT2D eigenvalue weighted by Crippen LogP contribution is 2.21. The van der Waals surface area contributed by atoms with Gasteiger partial charge < -0.3 is 10.2 Å². The summed E-state index contributed by atoms with van der Waals surface area (Å²) in [6.07, 6.45) is 8.04. The summed E-state index contributed by atoms with van der Waals surface area (Å²) in [5.41, 5.74) is 6.24. The van der Waals surface area contributed by atoms with Gasteiger partial charge in [0.05, 0.1) is 12.8 Å². The van der Waals surface area contributed by atoms with Crippen LogP contribution in [0.3, 0.4) is 0 Å². The lowest BCUT2D eigenvalue weighted by Gasteiger charge is -2.30. The molecule has 2 atom stereocenters. The second-order valence-corrected chi connectivity index (χ2v) is 4.86. The predicted octanol–water partition coefficient (Wildman–Crippen LogP) is 2.37. The van der Waals surface area contributed by atoms with Crippen LogP contribution in [0.25, 0.3) is 0 Å². The molecule has 16 heavy (non-hydrogen) atoms. The van der Waals surface area contributed by atoms with E-state index in [1.807, 2.05) is 12.1 Å². The van der Waals surface area contributed by atoms with Gasteiger partial charge in [-0.2, -0.15) is 0 Å². The van der Waals surface area contributed by atoms with Crippen molar-refractivity contribution in [2.45, 2.75) is 50.7 Å². The number of nitrogens with zero attached hydrogens (tertiary/aromatic N) is 1. The molecule has 1 aromatic heterocycles. The molecular weight excluding hydrogens is 200 g/mol. The molecule has 3 heteroatoms. The Morgan fingerprint density at radius 3 is 2.94 bits per heavy atom. The summed E-state index contributed by atoms with van der Waals surface area (Å²) >= 11 is 0. The van der Waals surface area contributed by atoms with Crippen molar-refractivity contribution in [3.63, 3.8) is 0 Å². The molecule has 0 radical (unpaired) electrons. The van der Waals surface area contributed by atoms with Crippen LogP contribution < -0.4 is 5.73 Å². The third-order valence-electron chi connectivity index (χ3n) is 3.58. The summed E-state index contributed by atoms with van der Waals surface area (Å²) in [7, 11) is 2.15. The van der Waals surface area contributed by atoms with Crippen LogP contribution in [0, 0.1) is 0 Å². The van der Waals surface area contributed by atoms with E-state index in [1.165, 1.54) is 25.7 Å². The van der Waals surface area contributed by atoms with Crippen LogP contribution in [-0.4, -0.2) is 24.0 Å². The molecule has 0 aromatic carbocycles. The minimum Gasteiger partial charge on any atom is -0.468 e. The zero-order valence-electron chi connectivity index (χ0n) is 10.1. The van der Waals surface area contributed by atoms with Crippen molar-refractivity contribution in [2.75, 3.05) is 7.05 Å². The first-order valence-electron chi connectivity index (χ1n) is 6.25. The van der Waals surface area contributed by atoms with E-state index in [1.54, 1.807) is 6.26 Å². The summed E-state index contributed by atoms with van der Waals surface area (Å²) in [5, 5.41) is 0. The fraction of sp³-hybridized carbons (Fsp3) is 0.692. The first-order chi connectivity index (χ1) is 7.77.